The van der Waals surface area contributed by atoms with Crippen molar-refractivity contribution in [3.63, 3.8) is 0 Å². The lowest BCUT2D eigenvalue weighted by Crippen LogP contribution is -2.35. The average molecular weight is 426 g/mol. The molecule has 1 heterocycles. The maximum absolute atomic E-state index is 12.9. The van der Waals surface area contributed by atoms with Gasteiger partial charge in [0.25, 0.3) is 5.91 Å². The molecule has 1 N–H and O–H groups in total. The maximum Gasteiger partial charge on any atom is 0.307 e. The Morgan fingerprint density at radius 3 is 2.43 bits per heavy atom. The molecule has 1 atom stereocenters. The predicted molar refractivity (Wildman–Crippen MR) is 113 cm³/mol. The van der Waals surface area contributed by atoms with E-state index in [1.165, 1.54) is 17.9 Å². The van der Waals surface area contributed by atoms with Crippen molar-refractivity contribution in [2.45, 2.75) is 19.4 Å². The highest BCUT2D eigenvalue weighted by molar-refractivity contribution is 6.30. The highest BCUT2D eigenvalue weighted by Gasteiger charge is 2.22. The molecule has 8 heteroatoms. The lowest BCUT2D eigenvalue weighted by Gasteiger charge is -2.18. The predicted octanol–water partition coefficient (Wildman–Crippen LogP) is 3.23. The zero-order valence-corrected chi connectivity index (χ0v) is 17.2. The van der Waals surface area contributed by atoms with Gasteiger partial charge < -0.3 is 10.1 Å². The number of halogens is 1. The molecule has 3 aromatic rings. The summed E-state index contributed by atoms with van der Waals surface area (Å²) in [6.45, 7) is 1.72. The van der Waals surface area contributed by atoms with E-state index in [0.29, 0.717) is 22.0 Å². The molecule has 0 radical (unpaired) electrons. The molecule has 0 fully saturated rings. The lowest BCUT2D eigenvalue weighted by molar-refractivity contribution is -0.141. The second-order valence-corrected chi connectivity index (χ2v) is 7.04. The van der Waals surface area contributed by atoms with Crippen LogP contribution in [-0.2, 0) is 9.53 Å². The minimum Gasteiger partial charge on any atom is -0.469 e. The van der Waals surface area contributed by atoms with Crippen LogP contribution < -0.4 is 10.7 Å². The highest BCUT2D eigenvalue weighted by atomic mass is 35.5. The molecule has 7 nitrogen and oxygen atoms in total. The number of aryl methyl sites for hydroxylation is 1. The first kappa shape index (κ1) is 21.3. The van der Waals surface area contributed by atoms with Crippen LogP contribution in [-0.4, -0.2) is 28.8 Å². The van der Waals surface area contributed by atoms with Gasteiger partial charge in [0.1, 0.15) is 0 Å². The SMILES string of the molecule is COC(=O)CC(NC(=O)c1nn(-c2ccc(Cl)cc2)c(C)cc1=O)c1ccccc1. The number of ether oxygens (including phenoxy) is 1. The van der Waals surface area contributed by atoms with Crippen LogP contribution in [0.15, 0.2) is 65.5 Å². The van der Waals surface area contributed by atoms with E-state index in [-0.39, 0.29) is 12.1 Å². The van der Waals surface area contributed by atoms with Gasteiger partial charge in [-0.25, -0.2) is 4.68 Å². The largest absolute Gasteiger partial charge is 0.469 e. The van der Waals surface area contributed by atoms with Crippen LogP contribution in [0.5, 0.6) is 0 Å². The van der Waals surface area contributed by atoms with Gasteiger partial charge in [-0.15, -0.1) is 0 Å². The molecule has 0 saturated carbocycles. The molecular formula is C22H20ClN3O4. The van der Waals surface area contributed by atoms with Gasteiger partial charge >= 0.3 is 5.97 Å². The first-order valence-corrected chi connectivity index (χ1v) is 9.56. The summed E-state index contributed by atoms with van der Waals surface area (Å²) in [5, 5.41) is 7.54. The van der Waals surface area contributed by atoms with Gasteiger partial charge in [0, 0.05) is 16.8 Å². The topological polar surface area (TPSA) is 90.3 Å². The molecule has 1 amide bonds. The van der Waals surface area contributed by atoms with Crippen LogP contribution in [0.1, 0.15) is 34.2 Å². The van der Waals surface area contributed by atoms with Crippen molar-refractivity contribution < 1.29 is 14.3 Å². The molecule has 30 heavy (non-hydrogen) atoms. The molecule has 154 valence electrons. The zero-order valence-electron chi connectivity index (χ0n) is 16.5. The second kappa shape index (κ2) is 9.37. The van der Waals surface area contributed by atoms with Crippen molar-refractivity contribution in [1.29, 1.82) is 0 Å². The van der Waals surface area contributed by atoms with Crippen LogP contribution in [0.4, 0.5) is 0 Å². The normalized spacial score (nSPS) is 11.6. The summed E-state index contributed by atoms with van der Waals surface area (Å²) >= 11 is 5.93. The van der Waals surface area contributed by atoms with Gasteiger partial charge in [0.05, 0.1) is 25.3 Å². The van der Waals surface area contributed by atoms with Crippen LogP contribution in [0.25, 0.3) is 5.69 Å². The maximum atomic E-state index is 12.9. The molecule has 2 aromatic carbocycles. The Morgan fingerprint density at radius 1 is 1.13 bits per heavy atom. The summed E-state index contributed by atoms with van der Waals surface area (Å²) in [6, 6.07) is 16.5. The molecule has 0 bridgehead atoms. The fraction of sp³-hybridized carbons (Fsp3) is 0.182. The Kier molecular flexibility index (Phi) is 6.64. The summed E-state index contributed by atoms with van der Waals surface area (Å²) < 4.78 is 6.22. The standard InChI is InChI=1S/C22H20ClN3O4/c1-14-12-19(27)21(25-26(14)17-10-8-16(23)9-11-17)22(29)24-18(13-20(28)30-2)15-6-4-3-5-7-15/h3-12,18H,13H2,1-2H3,(H,24,29). The molecule has 3 rings (SSSR count). The summed E-state index contributed by atoms with van der Waals surface area (Å²) in [5.74, 6) is -1.17. The van der Waals surface area contributed by atoms with Gasteiger partial charge in [0.2, 0.25) is 5.43 Å². The lowest BCUT2D eigenvalue weighted by atomic mass is 10.0. The zero-order chi connectivity index (χ0) is 21.7. The van der Waals surface area contributed by atoms with Crippen molar-refractivity contribution in [3.8, 4) is 5.69 Å². The van der Waals surface area contributed by atoms with E-state index >= 15 is 0 Å². The second-order valence-electron chi connectivity index (χ2n) is 6.60. The Bertz CT molecular complexity index is 1110. The number of nitrogens with one attached hydrogen (secondary N) is 1. The third-order valence-corrected chi connectivity index (χ3v) is 4.75. The molecular weight excluding hydrogens is 406 g/mol. The molecule has 0 aliphatic carbocycles. The number of nitrogens with zero attached hydrogens (tertiary/aromatic N) is 2. The Labute approximate surface area is 178 Å². The number of aromatic nitrogens is 2. The van der Waals surface area contributed by atoms with Crippen LogP contribution in [0, 0.1) is 6.92 Å². The molecule has 1 unspecified atom stereocenters. The molecule has 0 saturated heterocycles. The van der Waals surface area contributed by atoms with Crippen molar-refractivity contribution in [1.82, 2.24) is 15.1 Å². The minimum absolute atomic E-state index is 0.0799. The highest BCUT2D eigenvalue weighted by Crippen LogP contribution is 2.18. The van der Waals surface area contributed by atoms with Crippen molar-refractivity contribution in [3.05, 3.63) is 92.9 Å². The third kappa shape index (κ3) is 4.93. The summed E-state index contributed by atoms with van der Waals surface area (Å²) in [4.78, 5) is 37.2. The number of hydrogen-bond donors (Lipinski definition) is 1. The fourth-order valence-electron chi connectivity index (χ4n) is 2.96. The average Bonchev–Trinajstić information content (AvgIpc) is 2.74. The Hall–Kier alpha value is -3.45. The monoisotopic (exact) mass is 425 g/mol. The Morgan fingerprint density at radius 2 is 1.80 bits per heavy atom. The van der Waals surface area contributed by atoms with Crippen molar-refractivity contribution >= 4 is 23.5 Å². The quantitative estimate of drug-likeness (QED) is 0.612. The summed E-state index contributed by atoms with van der Waals surface area (Å²) in [7, 11) is 1.28. The van der Waals surface area contributed by atoms with E-state index in [2.05, 4.69) is 10.4 Å². The number of rotatable bonds is 6. The van der Waals surface area contributed by atoms with E-state index in [1.54, 1.807) is 55.5 Å². The smallest absolute Gasteiger partial charge is 0.307 e. The fourth-order valence-corrected chi connectivity index (χ4v) is 3.09. The number of carbonyl (C=O) groups excluding carboxylic acids is 2. The van der Waals surface area contributed by atoms with Crippen molar-refractivity contribution in [2.75, 3.05) is 7.11 Å². The molecule has 0 aliphatic heterocycles. The number of esters is 1. The van der Waals surface area contributed by atoms with Crippen LogP contribution in [0.3, 0.4) is 0 Å². The first-order chi connectivity index (χ1) is 14.4. The van der Waals surface area contributed by atoms with Gasteiger partial charge in [-0.3, -0.25) is 14.4 Å². The molecule has 0 aliphatic rings. The van der Waals surface area contributed by atoms with E-state index in [4.69, 9.17) is 16.3 Å². The number of hydrogen-bond acceptors (Lipinski definition) is 5. The molecule has 1 aromatic heterocycles. The van der Waals surface area contributed by atoms with Gasteiger partial charge in [-0.05, 0) is 36.8 Å². The third-order valence-electron chi connectivity index (χ3n) is 4.50. The van der Waals surface area contributed by atoms with Gasteiger partial charge in [-0.1, -0.05) is 41.9 Å². The number of amides is 1. The molecule has 0 spiro atoms. The Balaban J connectivity index is 1.94. The first-order valence-electron chi connectivity index (χ1n) is 9.18. The van der Waals surface area contributed by atoms with Crippen molar-refractivity contribution in [2.24, 2.45) is 0 Å². The number of carbonyl (C=O) groups is 2. The summed E-state index contributed by atoms with van der Waals surface area (Å²) in [5.41, 5.74) is 1.14. The van der Waals surface area contributed by atoms with Gasteiger partial charge in [-0.2, -0.15) is 5.10 Å². The summed E-state index contributed by atoms with van der Waals surface area (Å²) in [6.07, 6.45) is -0.0799. The van der Waals surface area contributed by atoms with E-state index in [0.717, 1.165) is 0 Å². The van der Waals surface area contributed by atoms with E-state index in [1.807, 2.05) is 6.07 Å². The van der Waals surface area contributed by atoms with E-state index in [9.17, 15) is 14.4 Å². The minimum atomic E-state index is -0.680. The number of methoxy groups -OCH3 is 1. The van der Waals surface area contributed by atoms with Crippen LogP contribution >= 0.6 is 11.6 Å². The van der Waals surface area contributed by atoms with E-state index < -0.39 is 23.3 Å². The number of benzene rings is 2. The van der Waals surface area contributed by atoms with Crippen LogP contribution in [0.2, 0.25) is 5.02 Å². The van der Waals surface area contributed by atoms with Gasteiger partial charge in [0.15, 0.2) is 5.69 Å².